The first kappa shape index (κ1) is 13.4. The van der Waals surface area contributed by atoms with Crippen molar-refractivity contribution in [3.63, 3.8) is 0 Å². The molecule has 0 radical (unpaired) electrons. The van der Waals surface area contributed by atoms with Crippen LogP contribution < -0.4 is 5.73 Å². The fourth-order valence-corrected chi connectivity index (χ4v) is 3.18. The van der Waals surface area contributed by atoms with Crippen LogP contribution in [0.25, 0.3) is 11.3 Å². The Labute approximate surface area is 120 Å². The number of nitrogens with zero attached hydrogens (tertiary/aromatic N) is 1. The summed E-state index contributed by atoms with van der Waals surface area (Å²) in [7, 11) is 0. The summed E-state index contributed by atoms with van der Waals surface area (Å²) in [5, 5.41) is 0. The SMILES string of the molecule is N[C@H](CC1CCCCC1)c1ncc(-c2ccccc2)[nH]1. The van der Waals surface area contributed by atoms with Gasteiger partial charge in [-0.05, 0) is 17.9 Å². The molecule has 3 rings (SSSR count). The minimum absolute atomic E-state index is 0.0376. The van der Waals surface area contributed by atoms with E-state index in [1.54, 1.807) is 0 Å². The van der Waals surface area contributed by atoms with Crippen LogP contribution in [0.2, 0.25) is 0 Å². The smallest absolute Gasteiger partial charge is 0.123 e. The molecule has 3 N–H and O–H groups in total. The summed E-state index contributed by atoms with van der Waals surface area (Å²) in [5.41, 5.74) is 8.54. The maximum Gasteiger partial charge on any atom is 0.123 e. The zero-order valence-corrected chi connectivity index (χ0v) is 11.9. The van der Waals surface area contributed by atoms with Gasteiger partial charge >= 0.3 is 0 Å². The number of aromatic nitrogens is 2. The third-order valence-corrected chi connectivity index (χ3v) is 4.34. The van der Waals surface area contributed by atoms with Crippen LogP contribution in [0.15, 0.2) is 36.5 Å². The summed E-state index contributed by atoms with van der Waals surface area (Å²) in [6, 6.07) is 10.3. The van der Waals surface area contributed by atoms with E-state index in [4.69, 9.17) is 5.73 Å². The molecule has 1 aliphatic rings. The first-order chi connectivity index (χ1) is 9.83. The first-order valence-electron chi connectivity index (χ1n) is 7.69. The molecule has 0 aliphatic heterocycles. The van der Waals surface area contributed by atoms with Crippen molar-refractivity contribution >= 4 is 0 Å². The molecule has 0 unspecified atom stereocenters. The molecule has 1 fully saturated rings. The molecule has 1 saturated carbocycles. The molecule has 2 aromatic rings. The van der Waals surface area contributed by atoms with Crippen molar-refractivity contribution in [1.82, 2.24) is 9.97 Å². The average Bonchev–Trinajstić information content (AvgIpc) is 2.99. The Morgan fingerprint density at radius 1 is 1.15 bits per heavy atom. The quantitative estimate of drug-likeness (QED) is 0.879. The maximum atomic E-state index is 6.32. The van der Waals surface area contributed by atoms with Gasteiger partial charge in [-0.25, -0.2) is 4.98 Å². The lowest BCUT2D eigenvalue weighted by Gasteiger charge is -2.23. The zero-order chi connectivity index (χ0) is 13.8. The lowest BCUT2D eigenvalue weighted by atomic mass is 9.85. The van der Waals surface area contributed by atoms with Crippen LogP contribution in [0.1, 0.15) is 50.4 Å². The van der Waals surface area contributed by atoms with E-state index < -0.39 is 0 Å². The van der Waals surface area contributed by atoms with Crippen molar-refractivity contribution in [1.29, 1.82) is 0 Å². The fourth-order valence-electron chi connectivity index (χ4n) is 3.18. The maximum absolute atomic E-state index is 6.32. The number of H-pyrrole nitrogens is 1. The molecular weight excluding hydrogens is 246 g/mol. The van der Waals surface area contributed by atoms with Crippen molar-refractivity contribution in [3.05, 3.63) is 42.4 Å². The summed E-state index contributed by atoms with van der Waals surface area (Å²) >= 11 is 0. The summed E-state index contributed by atoms with van der Waals surface area (Å²) < 4.78 is 0. The number of nitrogens with two attached hydrogens (primary N) is 1. The molecule has 1 aliphatic carbocycles. The van der Waals surface area contributed by atoms with Gasteiger partial charge in [0.25, 0.3) is 0 Å². The zero-order valence-electron chi connectivity index (χ0n) is 11.9. The third kappa shape index (κ3) is 3.10. The van der Waals surface area contributed by atoms with Gasteiger partial charge in [-0.2, -0.15) is 0 Å². The predicted molar refractivity (Wildman–Crippen MR) is 82.1 cm³/mol. The van der Waals surface area contributed by atoms with E-state index >= 15 is 0 Å². The molecule has 0 saturated heterocycles. The second kappa shape index (κ2) is 6.23. The molecule has 1 heterocycles. The van der Waals surface area contributed by atoms with Crippen molar-refractivity contribution in [2.45, 2.75) is 44.6 Å². The van der Waals surface area contributed by atoms with Gasteiger partial charge in [0.2, 0.25) is 0 Å². The monoisotopic (exact) mass is 269 g/mol. The minimum Gasteiger partial charge on any atom is -0.341 e. The molecule has 0 spiro atoms. The lowest BCUT2D eigenvalue weighted by Crippen LogP contribution is -2.18. The average molecular weight is 269 g/mol. The Balaban J connectivity index is 1.66. The Morgan fingerprint density at radius 2 is 1.90 bits per heavy atom. The van der Waals surface area contributed by atoms with E-state index in [0.29, 0.717) is 0 Å². The number of aromatic amines is 1. The number of rotatable bonds is 4. The van der Waals surface area contributed by atoms with Crippen molar-refractivity contribution in [2.75, 3.05) is 0 Å². The van der Waals surface area contributed by atoms with Crippen molar-refractivity contribution in [3.8, 4) is 11.3 Å². The van der Waals surface area contributed by atoms with E-state index in [1.807, 2.05) is 24.4 Å². The first-order valence-corrected chi connectivity index (χ1v) is 7.69. The Kier molecular flexibility index (Phi) is 4.16. The summed E-state index contributed by atoms with van der Waals surface area (Å²) in [4.78, 5) is 7.86. The second-order valence-corrected chi connectivity index (χ2v) is 5.89. The lowest BCUT2D eigenvalue weighted by molar-refractivity contribution is 0.316. The van der Waals surface area contributed by atoms with Crippen LogP contribution in [0.3, 0.4) is 0 Å². The van der Waals surface area contributed by atoms with Crippen LogP contribution in [-0.4, -0.2) is 9.97 Å². The highest BCUT2D eigenvalue weighted by molar-refractivity contribution is 5.58. The number of nitrogens with one attached hydrogen (secondary N) is 1. The molecule has 3 nitrogen and oxygen atoms in total. The van der Waals surface area contributed by atoms with E-state index in [0.717, 1.165) is 29.4 Å². The normalized spacial score (nSPS) is 18.1. The summed E-state index contributed by atoms with van der Waals surface area (Å²) in [5.74, 6) is 1.71. The van der Waals surface area contributed by atoms with Gasteiger partial charge in [0, 0.05) is 0 Å². The van der Waals surface area contributed by atoms with Gasteiger partial charge in [0.15, 0.2) is 0 Å². The topological polar surface area (TPSA) is 54.7 Å². The molecule has 1 atom stereocenters. The van der Waals surface area contributed by atoms with Gasteiger partial charge < -0.3 is 10.7 Å². The molecular formula is C17H23N3. The standard InChI is InChI=1S/C17H23N3/c18-15(11-13-7-3-1-4-8-13)17-19-12-16(20-17)14-9-5-2-6-10-14/h2,5-6,9-10,12-13,15H,1,3-4,7-8,11,18H2,(H,19,20)/t15-/m1/s1. The molecule has 0 bridgehead atoms. The minimum atomic E-state index is 0.0376. The van der Waals surface area contributed by atoms with Crippen LogP contribution in [0.5, 0.6) is 0 Å². The Morgan fingerprint density at radius 3 is 2.65 bits per heavy atom. The fraction of sp³-hybridized carbons (Fsp3) is 0.471. The highest BCUT2D eigenvalue weighted by Gasteiger charge is 2.19. The van der Waals surface area contributed by atoms with Gasteiger partial charge in [-0.15, -0.1) is 0 Å². The van der Waals surface area contributed by atoms with E-state index in [-0.39, 0.29) is 6.04 Å². The van der Waals surface area contributed by atoms with Gasteiger partial charge in [-0.1, -0.05) is 62.4 Å². The highest BCUT2D eigenvalue weighted by atomic mass is 15.0. The molecule has 0 amide bonds. The molecule has 20 heavy (non-hydrogen) atoms. The number of imidazole rings is 1. The Bertz CT molecular complexity index is 526. The van der Waals surface area contributed by atoms with Gasteiger partial charge in [0.1, 0.15) is 5.82 Å². The van der Waals surface area contributed by atoms with E-state index in [9.17, 15) is 0 Å². The van der Waals surface area contributed by atoms with Crippen LogP contribution >= 0.6 is 0 Å². The second-order valence-electron chi connectivity index (χ2n) is 5.89. The Hall–Kier alpha value is -1.61. The molecule has 1 aromatic carbocycles. The number of benzene rings is 1. The summed E-state index contributed by atoms with van der Waals surface area (Å²) in [6.07, 6.45) is 9.74. The summed E-state index contributed by atoms with van der Waals surface area (Å²) in [6.45, 7) is 0. The predicted octanol–water partition coefficient (Wildman–Crippen LogP) is 4.05. The number of hydrogen-bond acceptors (Lipinski definition) is 2. The third-order valence-electron chi connectivity index (χ3n) is 4.34. The molecule has 106 valence electrons. The van der Waals surface area contributed by atoms with Crippen molar-refractivity contribution in [2.24, 2.45) is 11.7 Å². The molecule has 1 aromatic heterocycles. The van der Waals surface area contributed by atoms with E-state index in [2.05, 4.69) is 22.1 Å². The van der Waals surface area contributed by atoms with Crippen molar-refractivity contribution < 1.29 is 0 Å². The number of hydrogen-bond donors (Lipinski definition) is 2. The van der Waals surface area contributed by atoms with Gasteiger partial charge in [0.05, 0.1) is 17.9 Å². The van der Waals surface area contributed by atoms with Crippen LogP contribution in [0.4, 0.5) is 0 Å². The van der Waals surface area contributed by atoms with Crippen LogP contribution in [-0.2, 0) is 0 Å². The highest BCUT2D eigenvalue weighted by Crippen LogP contribution is 2.30. The van der Waals surface area contributed by atoms with Gasteiger partial charge in [-0.3, -0.25) is 0 Å². The van der Waals surface area contributed by atoms with E-state index in [1.165, 1.54) is 32.1 Å². The molecule has 3 heteroatoms. The largest absolute Gasteiger partial charge is 0.341 e. The van der Waals surface area contributed by atoms with Crippen LogP contribution in [0, 0.1) is 5.92 Å².